The summed E-state index contributed by atoms with van der Waals surface area (Å²) in [5.41, 5.74) is 12.1. The van der Waals surface area contributed by atoms with E-state index in [0.717, 1.165) is 73.3 Å². The second-order valence-corrected chi connectivity index (χ2v) is 14.0. The molecule has 0 saturated carbocycles. The van der Waals surface area contributed by atoms with Gasteiger partial charge in [-0.25, -0.2) is 9.97 Å². The van der Waals surface area contributed by atoms with Crippen molar-refractivity contribution in [3.8, 4) is 39.5 Å². The molecule has 0 atom stereocenters. The molecule has 8 aromatic carbocycles. The van der Waals surface area contributed by atoms with Gasteiger partial charge in [-0.1, -0.05) is 140 Å². The lowest BCUT2D eigenvalue weighted by Gasteiger charge is -2.16. The first kappa shape index (κ1) is 30.6. The van der Waals surface area contributed by atoms with Crippen LogP contribution in [0.1, 0.15) is 6.92 Å². The highest BCUT2D eigenvalue weighted by Gasteiger charge is 2.18. The lowest BCUT2D eigenvalue weighted by Crippen LogP contribution is -1.97. The van der Waals surface area contributed by atoms with Gasteiger partial charge in [0.25, 0.3) is 0 Å². The third-order valence-corrected chi connectivity index (χ3v) is 11.1. The van der Waals surface area contributed by atoms with E-state index in [0.29, 0.717) is 0 Å². The van der Waals surface area contributed by atoms with Crippen LogP contribution in [0.4, 0.5) is 0 Å². The summed E-state index contributed by atoms with van der Waals surface area (Å²) in [6.07, 6.45) is 0. The molecule has 0 aliphatic rings. The molecule has 0 unspecified atom stereocenters. The molecule has 0 amide bonds. The summed E-state index contributed by atoms with van der Waals surface area (Å²) in [5, 5.41) is 8.48. The number of benzene rings is 8. The second kappa shape index (κ2) is 12.0. The van der Waals surface area contributed by atoms with Gasteiger partial charge in [0, 0.05) is 55.9 Å². The van der Waals surface area contributed by atoms with E-state index in [1.807, 2.05) is 0 Å². The molecular formula is C50H34N4. The maximum Gasteiger partial charge on any atom is 0.141 e. The largest absolute Gasteiger partial charge is 0.324 e. The van der Waals surface area contributed by atoms with Gasteiger partial charge in [0.1, 0.15) is 5.82 Å². The summed E-state index contributed by atoms with van der Waals surface area (Å²) < 4.78 is 4.68. The quantitative estimate of drug-likeness (QED) is 0.169. The Kier molecular flexibility index (Phi) is 6.80. The number of imidazole rings is 1. The Hall–Kier alpha value is -7.04. The zero-order chi connectivity index (χ0) is 35.8. The van der Waals surface area contributed by atoms with Crippen LogP contribution >= 0.6 is 0 Å². The Morgan fingerprint density at radius 3 is 1.89 bits per heavy atom. The van der Waals surface area contributed by atoms with E-state index in [4.69, 9.17) is 9.97 Å². The first-order chi connectivity index (χ1) is 26.7. The van der Waals surface area contributed by atoms with Gasteiger partial charge in [0.05, 0.1) is 33.3 Å². The summed E-state index contributed by atoms with van der Waals surface area (Å²) in [6, 6.07) is 63.3. The van der Waals surface area contributed by atoms with Crippen molar-refractivity contribution in [3.05, 3.63) is 176 Å². The number of nitrogens with zero attached hydrogens (tertiary/aromatic N) is 4. The van der Waals surface area contributed by atoms with Gasteiger partial charge in [-0.05, 0) is 59.7 Å². The molecule has 11 aromatic rings. The lowest BCUT2D eigenvalue weighted by molar-refractivity contribution is 0.796. The fourth-order valence-electron chi connectivity index (χ4n) is 8.66. The summed E-state index contributed by atoms with van der Waals surface area (Å²) >= 11 is 0. The Morgan fingerprint density at radius 1 is 0.463 bits per heavy atom. The Balaban J connectivity index is 1.13. The van der Waals surface area contributed by atoms with Crippen molar-refractivity contribution < 1.29 is 0 Å². The van der Waals surface area contributed by atoms with Gasteiger partial charge in [0.15, 0.2) is 0 Å². The smallest absolute Gasteiger partial charge is 0.141 e. The number of hydrogen-bond donors (Lipinski definition) is 0. The van der Waals surface area contributed by atoms with Gasteiger partial charge in [0.2, 0.25) is 0 Å². The molecule has 0 N–H and O–H groups in total. The van der Waals surface area contributed by atoms with Crippen LogP contribution in [0.2, 0.25) is 0 Å². The van der Waals surface area contributed by atoms with Crippen LogP contribution in [0.25, 0.3) is 105 Å². The van der Waals surface area contributed by atoms with Crippen LogP contribution in [-0.2, 0) is 6.54 Å². The first-order valence-electron chi connectivity index (χ1n) is 18.6. The minimum absolute atomic E-state index is 0.850. The number of aryl methyl sites for hydroxylation is 1. The molecule has 254 valence electrons. The van der Waals surface area contributed by atoms with Crippen molar-refractivity contribution >= 4 is 65.3 Å². The number of aromatic nitrogens is 4. The summed E-state index contributed by atoms with van der Waals surface area (Å²) in [5.74, 6) is 0.984. The zero-order valence-corrected chi connectivity index (χ0v) is 29.7. The molecule has 0 spiro atoms. The molecule has 4 heteroatoms. The van der Waals surface area contributed by atoms with Crippen LogP contribution in [0.15, 0.2) is 176 Å². The number of fused-ring (bicyclic) bond motifs is 9. The number of rotatable bonds is 5. The fraction of sp³-hybridized carbons (Fsp3) is 0.0400. The highest BCUT2D eigenvalue weighted by Crippen LogP contribution is 2.41. The normalized spacial score (nSPS) is 11.9. The summed E-state index contributed by atoms with van der Waals surface area (Å²) in [4.78, 5) is 10.6. The van der Waals surface area contributed by atoms with Gasteiger partial charge >= 0.3 is 0 Å². The van der Waals surface area contributed by atoms with Gasteiger partial charge in [-0.2, -0.15) is 0 Å². The molecular weight excluding hydrogens is 657 g/mol. The first-order valence-corrected chi connectivity index (χ1v) is 18.6. The predicted octanol–water partition coefficient (Wildman–Crippen LogP) is 13.0. The van der Waals surface area contributed by atoms with E-state index in [1.165, 1.54) is 38.0 Å². The van der Waals surface area contributed by atoms with E-state index >= 15 is 0 Å². The van der Waals surface area contributed by atoms with Crippen molar-refractivity contribution in [3.63, 3.8) is 0 Å². The molecule has 0 bridgehead atoms. The second-order valence-electron chi connectivity index (χ2n) is 14.0. The van der Waals surface area contributed by atoms with Crippen LogP contribution in [0.3, 0.4) is 0 Å². The lowest BCUT2D eigenvalue weighted by atomic mass is 9.92. The highest BCUT2D eigenvalue weighted by atomic mass is 15.1. The van der Waals surface area contributed by atoms with Gasteiger partial charge < -0.3 is 9.13 Å². The molecule has 0 aliphatic heterocycles. The number of hydrogen-bond acceptors (Lipinski definition) is 2. The summed E-state index contributed by atoms with van der Waals surface area (Å²) in [7, 11) is 0. The average molecular weight is 691 g/mol. The third kappa shape index (κ3) is 4.56. The van der Waals surface area contributed by atoms with Crippen molar-refractivity contribution in [1.82, 2.24) is 19.1 Å². The average Bonchev–Trinajstić information content (AvgIpc) is 3.79. The van der Waals surface area contributed by atoms with Crippen LogP contribution in [-0.4, -0.2) is 19.1 Å². The van der Waals surface area contributed by atoms with Crippen LogP contribution in [0.5, 0.6) is 0 Å². The van der Waals surface area contributed by atoms with E-state index < -0.39 is 0 Å². The molecule has 3 heterocycles. The third-order valence-electron chi connectivity index (χ3n) is 11.1. The van der Waals surface area contributed by atoms with Crippen molar-refractivity contribution in [2.45, 2.75) is 13.5 Å². The molecule has 0 radical (unpaired) electrons. The molecule has 3 aromatic heterocycles. The Morgan fingerprint density at radius 2 is 1.11 bits per heavy atom. The van der Waals surface area contributed by atoms with E-state index in [9.17, 15) is 0 Å². The zero-order valence-electron chi connectivity index (χ0n) is 29.7. The van der Waals surface area contributed by atoms with Crippen molar-refractivity contribution in [1.29, 1.82) is 0 Å². The van der Waals surface area contributed by atoms with Gasteiger partial charge in [-0.3, -0.25) is 0 Å². The fourth-order valence-corrected chi connectivity index (χ4v) is 8.66. The number of pyridine rings is 1. The maximum atomic E-state index is 5.59. The van der Waals surface area contributed by atoms with Gasteiger partial charge in [-0.15, -0.1) is 0 Å². The molecule has 11 rings (SSSR count). The molecule has 4 nitrogen and oxygen atoms in total. The van der Waals surface area contributed by atoms with E-state index in [-0.39, 0.29) is 0 Å². The topological polar surface area (TPSA) is 35.6 Å². The molecule has 0 fully saturated rings. The Labute approximate surface area is 312 Å². The SMILES string of the molecule is CCn1c(-c2ccc(-c3nc4c(-c5cccc(-n6c7ccccc7c7ccccc76)c5)cccc4c4c3ccc3ccccc34)cc2)nc2ccccc21. The van der Waals surface area contributed by atoms with E-state index in [2.05, 4.69) is 192 Å². The van der Waals surface area contributed by atoms with Crippen LogP contribution in [0, 0.1) is 0 Å². The van der Waals surface area contributed by atoms with E-state index in [1.54, 1.807) is 0 Å². The van der Waals surface area contributed by atoms with Crippen molar-refractivity contribution in [2.75, 3.05) is 0 Å². The maximum absolute atomic E-state index is 5.59. The van der Waals surface area contributed by atoms with Crippen LogP contribution < -0.4 is 0 Å². The number of para-hydroxylation sites is 5. The monoisotopic (exact) mass is 690 g/mol. The molecule has 0 aliphatic carbocycles. The minimum atomic E-state index is 0.850. The molecule has 54 heavy (non-hydrogen) atoms. The standard InChI is InChI=1S/C50H34N4/c1-2-53-46-24-10-7-21-43(46)51-50(53)34-27-25-33(26-28-34)48-42-30-29-32-13-3-4-16-37(32)47(42)41-20-12-19-38(49(41)52-48)35-14-11-15-36(31-35)54-44-22-8-5-17-39(44)40-18-6-9-23-45(40)54/h3-31H,2H2,1H3. The Bertz CT molecular complexity index is 3200. The molecule has 0 saturated heterocycles. The van der Waals surface area contributed by atoms with Crippen molar-refractivity contribution in [2.24, 2.45) is 0 Å². The minimum Gasteiger partial charge on any atom is -0.324 e. The summed E-state index contributed by atoms with van der Waals surface area (Å²) in [6.45, 7) is 3.03. The highest BCUT2D eigenvalue weighted by molar-refractivity contribution is 6.24. The predicted molar refractivity (Wildman–Crippen MR) is 226 cm³/mol.